The van der Waals surface area contributed by atoms with E-state index in [9.17, 15) is 22.8 Å². The number of hydrogen-bond acceptors (Lipinski definition) is 5. The molecule has 1 fully saturated rings. The third kappa shape index (κ3) is 4.75. The van der Waals surface area contributed by atoms with Gasteiger partial charge in [-0.05, 0) is 31.6 Å². The van der Waals surface area contributed by atoms with E-state index < -0.39 is 17.7 Å². The number of hydrogen-bond donors (Lipinski definition) is 0. The van der Waals surface area contributed by atoms with Crippen molar-refractivity contribution >= 4 is 48.6 Å². The smallest absolute Gasteiger partial charge is 0.340 e. The zero-order valence-electron chi connectivity index (χ0n) is 15.7. The van der Waals surface area contributed by atoms with Crippen molar-refractivity contribution in [3.8, 4) is 0 Å². The topological polar surface area (TPSA) is 67.7 Å². The molecule has 0 bridgehead atoms. The lowest BCUT2D eigenvalue weighted by Gasteiger charge is -2.41. The lowest BCUT2D eigenvalue weighted by molar-refractivity contribution is -0.258. The van der Waals surface area contributed by atoms with E-state index in [1.165, 1.54) is 34.8 Å². The van der Waals surface area contributed by atoms with E-state index in [2.05, 4.69) is 4.98 Å². The van der Waals surface area contributed by atoms with E-state index in [1.807, 2.05) is 0 Å². The highest BCUT2D eigenvalue weighted by Gasteiger charge is 2.58. The number of imidazole rings is 1. The highest BCUT2D eigenvalue weighted by atomic mass is 127. The monoisotopic (exact) mass is 534 g/mol. The average molecular weight is 534 g/mol. The predicted octanol–water partition coefficient (Wildman–Crippen LogP) is 3.59. The number of amides is 2. The van der Waals surface area contributed by atoms with Crippen molar-refractivity contribution in [3.05, 3.63) is 12.0 Å². The van der Waals surface area contributed by atoms with Crippen LogP contribution >= 0.6 is 30.4 Å². The van der Waals surface area contributed by atoms with Crippen molar-refractivity contribution in [2.24, 2.45) is 13.0 Å². The van der Waals surface area contributed by atoms with Gasteiger partial charge in [0.2, 0.25) is 6.41 Å². The molecule has 1 aromatic heterocycles. The zero-order valence-corrected chi connectivity index (χ0v) is 18.7. The molecule has 0 N–H and O–H groups in total. The Morgan fingerprint density at radius 2 is 2.21 bits per heavy atom. The summed E-state index contributed by atoms with van der Waals surface area (Å²) < 4.78 is 47.5. The lowest BCUT2D eigenvalue weighted by atomic mass is 9.77. The van der Waals surface area contributed by atoms with Gasteiger partial charge in [-0.15, -0.1) is 0 Å². The van der Waals surface area contributed by atoms with Crippen LogP contribution < -0.4 is 4.90 Å². The summed E-state index contributed by atoms with van der Waals surface area (Å²) in [5.74, 6) is -0.559. The summed E-state index contributed by atoms with van der Waals surface area (Å²) in [6.45, 7) is 0.154. The fourth-order valence-corrected chi connectivity index (χ4v) is 4.97. The Morgan fingerprint density at radius 1 is 1.54 bits per heavy atom. The van der Waals surface area contributed by atoms with Crippen LogP contribution in [-0.2, 0) is 16.0 Å². The van der Waals surface area contributed by atoms with Gasteiger partial charge in [-0.3, -0.25) is 13.8 Å². The van der Waals surface area contributed by atoms with Gasteiger partial charge < -0.3 is 14.4 Å². The number of aromatic nitrogens is 2. The summed E-state index contributed by atoms with van der Waals surface area (Å²) in [6, 6.07) is 0. The van der Waals surface area contributed by atoms with E-state index in [1.54, 1.807) is 28.3 Å². The molecule has 1 heterocycles. The van der Waals surface area contributed by atoms with Gasteiger partial charge in [-0.2, -0.15) is 13.2 Å². The number of anilines is 1. The van der Waals surface area contributed by atoms with Gasteiger partial charge in [0.15, 0.2) is 17.1 Å². The van der Waals surface area contributed by atoms with Gasteiger partial charge in [-0.1, -0.05) is 0 Å². The molecule has 1 aliphatic rings. The Labute approximate surface area is 177 Å². The Hall–Kier alpha value is -1.02. The van der Waals surface area contributed by atoms with E-state index >= 15 is 0 Å². The Bertz CT molecular complexity index is 714. The van der Waals surface area contributed by atoms with Crippen molar-refractivity contribution in [2.75, 3.05) is 25.5 Å². The summed E-state index contributed by atoms with van der Waals surface area (Å²) >= 11 is 1.69. The summed E-state index contributed by atoms with van der Waals surface area (Å²) in [5.41, 5.74) is -1.99. The summed E-state index contributed by atoms with van der Waals surface area (Å²) in [4.78, 5) is 30.5. The van der Waals surface area contributed by atoms with Gasteiger partial charge in [0.05, 0.1) is 15.5 Å². The minimum absolute atomic E-state index is 0.0866. The maximum atomic E-state index is 13.6. The van der Waals surface area contributed by atoms with Crippen LogP contribution in [-0.4, -0.2) is 59.2 Å². The molecule has 2 unspecified atom stereocenters. The lowest BCUT2D eigenvalue weighted by Crippen LogP contribution is -2.51. The molecular weight excluding hydrogens is 512 g/mol. The number of alkyl halides is 3. The first kappa shape index (κ1) is 23.3. The van der Waals surface area contributed by atoms with Crippen LogP contribution in [0.5, 0.6) is 0 Å². The average Bonchev–Trinajstić information content (AvgIpc) is 3.01. The molecule has 1 saturated carbocycles. The molecular formula is C16H22F3IN4O3S. The number of halogens is 4. The minimum atomic E-state index is -4.48. The highest BCUT2D eigenvalue weighted by Crippen LogP contribution is 2.49. The maximum Gasteiger partial charge on any atom is 0.418 e. The molecule has 0 saturated heterocycles. The van der Waals surface area contributed by atoms with Gasteiger partial charge in [0.25, 0.3) is 5.91 Å². The molecule has 1 aliphatic carbocycles. The number of aryl methyl sites for hydroxylation is 1. The van der Waals surface area contributed by atoms with Crippen LogP contribution in [0.3, 0.4) is 0 Å². The Balaban J connectivity index is 2.16. The Kier molecular flexibility index (Phi) is 7.64. The molecule has 2 rings (SSSR count). The zero-order chi connectivity index (χ0) is 21.1. The van der Waals surface area contributed by atoms with E-state index in [0.29, 0.717) is 28.5 Å². The van der Waals surface area contributed by atoms with Crippen LogP contribution in [0.2, 0.25) is 0 Å². The van der Waals surface area contributed by atoms with Crippen molar-refractivity contribution in [2.45, 2.75) is 37.5 Å². The molecule has 158 valence electrons. The number of carbonyl (C=O) groups excluding carboxylic acids is 2. The van der Waals surface area contributed by atoms with Crippen molar-refractivity contribution in [3.63, 3.8) is 0 Å². The normalized spacial score (nSPS) is 22.8. The number of nitrogens with zero attached hydrogens (tertiary/aromatic N) is 4. The first-order valence-electron chi connectivity index (χ1n) is 8.54. The van der Waals surface area contributed by atoms with Gasteiger partial charge >= 0.3 is 6.18 Å². The first-order chi connectivity index (χ1) is 13.1. The van der Waals surface area contributed by atoms with Crippen LogP contribution in [0.25, 0.3) is 0 Å². The molecule has 0 aliphatic heterocycles. The molecule has 28 heavy (non-hydrogen) atoms. The van der Waals surface area contributed by atoms with Crippen LogP contribution in [0.4, 0.5) is 19.0 Å². The molecule has 2 amide bonds. The molecule has 7 nitrogen and oxygen atoms in total. The fourth-order valence-electron chi connectivity index (χ4n) is 3.57. The van der Waals surface area contributed by atoms with E-state index in [4.69, 9.17) is 4.18 Å². The molecule has 1 aromatic rings. The third-order valence-electron chi connectivity index (χ3n) is 5.01. The molecule has 2 atom stereocenters. The van der Waals surface area contributed by atoms with Crippen molar-refractivity contribution < 1.29 is 26.9 Å². The van der Waals surface area contributed by atoms with Crippen LogP contribution in [0.1, 0.15) is 36.2 Å². The fraction of sp³-hybridized carbons (Fsp3) is 0.688. The quantitative estimate of drug-likeness (QED) is 0.304. The SMILES string of the molecule is CN(CC1CCCC(OSI)(C(F)(F)F)C1)C(=O)c1c(N(C)C=O)ncn1C. The minimum Gasteiger partial charge on any atom is -0.340 e. The maximum absolute atomic E-state index is 13.6. The Morgan fingerprint density at radius 3 is 2.79 bits per heavy atom. The standard InChI is InChI=1S/C16H22F3IN4O3S/c1-22(14(26)12-13(24(3)10-25)21-9-23(12)2)8-11-5-4-6-15(7-11,27-28-20)16(17,18)19/h9-11H,4-8H2,1-3H3. The predicted molar refractivity (Wildman–Crippen MR) is 108 cm³/mol. The van der Waals surface area contributed by atoms with Crippen LogP contribution in [0.15, 0.2) is 6.33 Å². The van der Waals surface area contributed by atoms with E-state index in [-0.39, 0.29) is 36.8 Å². The second kappa shape index (κ2) is 9.20. The van der Waals surface area contributed by atoms with Crippen molar-refractivity contribution in [1.29, 1.82) is 0 Å². The summed E-state index contributed by atoms with van der Waals surface area (Å²) in [7, 11) is 5.33. The molecule has 0 radical (unpaired) electrons. The van der Waals surface area contributed by atoms with Crippen LogP contribution in [0, 0.1) is 5.92 Å². The third-order valence-corrected chi connectivity index (χ3v) is 5.93. The second-order valence-electron chi connectivity index (χ2n) is 7.03. The number of rotatable bonds is 7. The van der Waals surface area contributed by atoms with Gasteiger partial charge in [0.1, 0.15) is 0 Å². The summed E-state index contributed by atoms with van der Waals surface area (Å²) in [5, 5.41) is 0. The second-order valence-corrected chi connectivity index (χ2v) is 8.40. The highest BCUT2D eigenvalue weighted by molar-refractivity contribution is 14.2. The molecule has 0 spiro atoms. The molecule has 0 aromatic carbocycles. The summed E-state index contributed by atoms with van der Waals surface area (Å²) in [6.07, 6.45) is -1.86. The van der Waals surface area contributed by atoms with Gasteiger partial charge in [0, 0.05) is 48.9 Å². The number of carbonyl (C=O) groups is 2. The molecule has 12 heteroatoms. The largest absolute Gasteiger partial charge is 0.418 e. The van der Waals surface area contributed by atoms with Crippen molar-refractivity contribution in [1.82, 2.24) is 14.5 Å². The first-order valence-corrected chi connectivity index (χ1v) is 11.8. The van der Waals surface area contributed by atoms with Gasteiger partial charge in [-0.25, -0.2) is 4.98 Å². The van der Waals surface area contributed by atoms with E-state index in [0.717, 1.165) is 0 Å².